The van der Waals surface area contributed by atoms with Crippen molar-refractivity contribution in [3.63, 3.8) is 0 Å². The number of imidazole rings is 1. The molecule has 0 saturated carbocycles. The Bertz CT molecular complexity index is 542. The molecule has 0 unspecified atom stereocenters. The van der Waals surface area contributed by atoms with Crippen LogP contribution in [0.15, 0.2) is 35.7 Å². The van der Waals surface area contributed by atoms with Crippen LogP contribution >= 0.6 is 23.4 Å². The Balaban J connectivity index is 1.93. The van der Waals surface area contributed by atoms with Crippen molar-refractivity contribution >= 4 is 35.0 Å². The van der Waals surface area contributed by atoms with Crippen molar-refractivity contribution in [2.24, 2.45) is 0 Å². The third-order valence-corrected chi connectivity index (χ3v) is 3.67. The summed E-state index contributed by atoms with van der Waals surface area (Å²) in [7, 11) is 0. The molecule has 0 radical (unpaired) electrons. The molecule has 6 heteroatoms. The van der Waals surface area contributed by atoms with Crippen molar-refractivity contribution in [1.82, 2.24) is 9.97 Å². The third kappa shape index (κ3) is 3.27. The number of nitrogens with zero attached hydrogens (tertiary/aromatic N) is 1. The molecule has 2 rings (SSSR count). The van der Waals surface area contributed by atoms with E-state index in [2.05, 4.69) is 15.3 Å². The zero-order valence-corrected chi connectivity index (χ0v) is 11.3. The third-order valence-electron chi connectivity index (χ3n) is 2.35. The van der Waals surface area contributed by atoms with Crippen LogP contribution in [0.3, 0.4) is 0 Å². The van der Waals surface area contributed by atoms with Crippen LogP contribution in [0.4, 0.5) is 5.69 Å². The molecule has 0 atom stereocenters. The normalized spacial score (nSPS) is 10.3. The lowest BCUT2D eigenvalue weighted by molar-refractivity contribution is -0.113. The maximum atomic E-state index is 11.8. The van der Waals surface area contributed by atoms with Gasteiger partial charge < -0.3 is 10.3 Å². The number of benzene rings is 1. The Kier molecular flexibility index (Phi) is 4.28. The van der Waals surface area contributed by atoms with Crippen LogP contribution in [0.5, 0.6) is 0 Å². The first-order valence-electron chi connectivity index (χ1n) is 5.34. The summed E-state index contributed by atoms with van der Waals surface area (Å²) in [6.07, 6.45) is 3.38. The quantitative estimate of drug-likeness (QED) is 0.847. The number of aromatic amines is 1. The van der Waals surface area contributed by atoms with Crippen LogP contribution in [-0.2, 0) is 4.79 Å². The summed E-state index contributed by atoms with van der Waals surface area (Å²) in [6.45, 7) is 1.87. The SMILES string of the molecule is Cc1c(Cl)cccc1NC(=O)CSc1ncc[nH]1. The summed E-state index contributed by atoms with van der Waals surface area (Å²) >= 11 is 7.34. The fourth-order valence-electron chi connectivity index (χ4n) is 1.39. The zero-order chi connectivity index (χ0) is 13.0. The number of hydrogen-bond acceptors (Lipinski definition) is 3. The molecular formula is C12H12ClN3OS. The number of anilines is 1. The second kappa shape index (κ2) is 5.93. The molecule has 0 fully saturated rings. The van der Waals surface area contributed by atoms with Crippen molar-refractivity contribution in [2.45, 2.75) is 12.1 Å². The molecule has 1 aromatic heterocycles. The van der Waals surface area contributed by atoms with E-state index in [1.54, 1.807) is 18.5 Å². The number of thioether (sulfide) groups is 1. The standard InChI is InChI=1S/C12H12ClN3OS/c1-8-9(13)3-2-4-10(8)16-11(17)7-18-12-14-5-6-15-12/h2-6H,7H2,1H3,(H,14,15)(H,16,17). The molecule has 2 N–H and O–H groups in total. The number of halogens is 1. The number of hydrogen-bond donors (Lipinski definition) is 2. The lowest BCUT2D eigenvalue weighted by Crippen LogP contribution is -2.15. The Hall–Kier alpha value is -1.46. The van der Waals surface area contributed by atoms with Crippen molar-refractivity contribution in [2.75, 3.05) is 11.1 Å². The van der Waals surface area contributed by atoms with E-state index < -0.39 is 0 Å². The second-order valence-corrected chi connectivity index (χ2v) is 5.01. The number of H-pyrrole nitrogens is 1. The molecule has 0 aliphatic carbocycles. The first-order chi connectivity index (χ1) is 8.66. The molecule has 18 heavy (non-hydrogen) atoms. The molecule has 94 valence electrons. The molecule has 4 nitrogen and oxygen atoms in total. The van der Waals surface area contributed by atoms with Gasteiger partial charge in [0, 0.05) is 23.1 Å². The maximum absolute atomic E-state index is 11.8. The van der Waals surface area contributed by atoms with Crippen molar-refractivity contribution in [3.05, 3.63) is 41.2 Å². The van der Waals surface area contributed by atoms with Crippen LogP contribution in [0.1, 0.15) is 5.56 Å². The second-order valence-electron chi connectivity index (χ2n) is 3.64. The Morgan fingerprint density at radius 2 is 2.39 bits per heavy atom. The summed E-state index contributed by atoms with van der Waals surface area (Å²) in [6, 6.07) is 5.44. The van der Waals surface area contributed by atoms with Gasteiger partial charge in [0.05, 0.1) is 5.75 Å². The number of nitrogens with one attached hydrogen (secondary N) is 2. The van der Waals surface area contributed by atoms with Gasteiger partial charge in [-0.15, -0.1) is 0 Å². The smallest absolute Gasteiger partial charge is 0.234 e. The summed E-state index contributed by atoms with van der Waals surface area (Å²) in [4.78, 5) is 18.7. The molecule has 1 amide bonds. The van der Waals surface area contributed by atoms with Crippen LogP contribution in [-0.4, -0.2) is 21.6 Å². The lowest BCUT2D eigenvalue weighted by atomic mass is 10.2. The Morgan fingerprint density at radius 3 is 3.11 bits per heavy atom. The monoisotopic (exact) mass is 281 g/mol. The highest BCUT2D eigenvalue weighted by atomic mass is 35.5. The van der Waals surface area contributed by atoms with E-state index >= 15 is 0 Å². The Morgan fingerprint density at radius 1 is 1.56 bits per heavy atom. The van der Waals surface area contributed by atoms with E-state index in [9.17, 15) is 4.79 Å². The fourth-order valence-corrected chi connectivity index (χ4v) is 2.19. The minimum atomic E-state index is -0.0817. The molecule has 0 bridgehead atoms. The number of carbonyl (C=O) groups excluding carboxylic acids is 1. The predicted octanol–water partition coefficient (Wildman–Crippen LogP) is 3.10. The average Bonchev–Trinajstić information content (AvgIpc) is 2.86. The van der Waals surface area contributed by atoms with Gasteiger partial charge in [-0.3, -0.25) is 4.79 Å². The highest BCUT2D eigenvalue weighted by Gasteiger charge is 2.07. The van der Waals surface area contributed by atoms with Gasteiger partial charge in [-0.05, 0) is 24.6 Å². The van der Waals surface area contributed by atoms with Gasteiger partial charge in [-0.25, -0.2) is 4.98 Å². The van der Waals surface area contributed by atoms with Gasteiger partial charge in [-0.1, -0.05) is 29.4 Å². The van der Waals surface area contributed by atoms with Gasteiger partial charge in [0.15, 0.2) is 5.16 Å². The molecule has 0 spiro atoms. The molecule has 0 saturated heterocycles. The molecule has 1 heterocycles. The van der Waals surface area contributed by atoms with E-state index in [0.717, 1.165) is 16.4 Å². The van der Waals surface area contributed by atoms with Crippen molar-refractivity contribution < 1.29 is 4.79 Å². The topological polar surface area (TPSA) is 57.8 Å². The van der Waals surface area contributed by atoms with Gasteiger partial charge in [0.25, 0.3) is 0 Å². The molecular weight excluding hydrogens is 270 g/mol. The number of carbonyl (C=O) groups is 1. The summed E-state index contributed by atoms with van der Waals surface area (Å²) in [5, 5.41) is 4.20. The van der Waals surface area contributed by atoms with Gasteiger partial charge >= 0.3 is 0 Å². The summed E-state index contributed by atoms with van der Waals surface area (Å²) in [5.74, 6) is 0.223. The van der Waals surface area contributed by atoms with Crippen LogP contribution in [0, 0.1) is 6.92 Å². The number of rotatable bonds is 4. The van der Waals surface area contributed by atoms with E-state index in [1.165, 1.54) is 11.8 Å². The van der Waals surface area contributed by atoms with Crippen LogP contribution in [0.2, 0.25) is 5.02 Å². The highest BCUT2D eigenvalue weighted by molar-refractivity contribution is 7.99. The van der Waals surface area contributed by atoms with Crippen molar-refractivity contribution in [1.29, 1.82) is 0 Å². The van der Waals surface area contributed by atoms with E-state index in [1.807, 2.05) is 19.1 Å². The molecule has 0 aliphatic rings. The fraction of sp³-hybridized carbons (Fsp3) is 0.167. The Labute approximate surface area is 114 Å². The lowest BCUT2D eigenvalue weighted by Gasteiger charge is -2.08. The summed E-state index contributed by atoms with van der Waals surface area (Å²) in [5.41, 5.74) is 1.61. The zero-order valence-electron chi connectivity index (χ0n) is 9.74. The average molecular weight is 282 g/mol. The van der Waals surface area contributed by atoms with Crippen LogP contribution < -0.4 is 5.32 Å². The number of aromatic nitrogens is 2. The van der Waals surface area contributed by atoms with E-state index in [0.29, 0.717) is 10.8 Å². The molecule has 0 aliphatic heterocycles. The molecule has 1 aromatic carbocycles. The first-order valence-corrected chi connectivity index (χ1v) is 6.70. The van der Waals surface area contributed by atoms with Crippen LogP contribution in [0.25, 0.3) is 0 Å². The van der Waals surface area contributed by atoms with Gasteiger partial charge in [-0.2, -0.15) is 0 Å². The van der Waals surface area contributed by atoms with E-state index in [-0.39, 0.29) is 5.91 Å². The van der Waals surface area contributed by atoms with Gasteiger partial charge in [0.2, 0.25) is 5.91 Å². The maximum Gasteiger partial charge on any atom is 0.234 e. The summed E-state index contributed by atoms with van der Waals surface area (Å²) < 4.78 is 0. The number of amides is 1. The predicted molar refractivity (Wildman–Crippen MR) is 74.1 cm³/mol. The van der Waals surface area contributed by atoms with Gasteiger partial charge in [0.1, 0.15) is 0 Å². The molecule has 2 aromatic rings. The van der Waals surface area contributed by atoms with E-state index in [4.69, 9.17) is 11.6 Å². The minimum absolute atomic E-state index is 0.0817. The minimum Gasteiger partial charge on any atom is -0.340 e. The van der Waals surface area contributed by atoms with Crippen molar-refractivity contribution in [3.8, 4) is 0 Å². The first kappa shape index (κ1) is 13.0. The largest absolute Gasteiger partial charge is 0.340 e. The highest BCUT2D eigenvalue weighted by Crippen LogP contribution is 2.23.